The Morgan fingerprint density at radius 1 is 1.44 bits per heavy atom. The minimum absolute atomic E-state index is 0.0670. The van der Waals surface area contributed by atoms with E-state index in [2.05, 4.69) is 33.3 Å². The highest BCUT2D eigenvalue weighted by atomic mass is 79.9. The van der Waals surface area contributed by atoms with Crippen molar-refractivity contribution in [2.75, 3.05) is 0 Å². The van der Waals surface area contributed by atoms with Crippen LogP contribution in [0.25, 0.3) is 10.8 Å². The van der Waals surface area contributed by atoms with Gasteiger partial charge in [-0.2, -0.15) is 0 Å². The molecule has 0 radical (unpaired) electrons. The zero-order chi connectivity index (χ0) is 19.3. The van der Waals surface area contributed by atoms with Crippen molar-refractivity contribution in [1.29, 1.82) is 0 Å². The molecule has 144 valence electrons. The lowest BCUT2D eigenvalue weighted by Crippen LogP contribution is -2.54. The van der Waals surface area contributed by atoms with E-state index in [4.69, 9.17) is 4.74 Å². The molecule has 0 aliphatic heterocycles. The molecule has 1 aromatic heterocycles. The standard InChI is InChI=1S/C19H22BrN3O4/c1-10-5-15(10)27-17-14-6-11(20)3-4-13(14)18(25)23(22-17)9-16(24)21-12-7-19(2,26)8-12/h3-4,6,10,12,15,26H,5,7-9H2,1-2H3,(H,21,24)/t10-,12-,15+,19-/m1/s1. The molecule has 0 saturated heterocycles. The molecule has 2 aliphatic rings. The molecule has 2 fully saturated rings. The van der Waals surface area contributed by atoms with Gasteiger partial charge in [-0.3, -0.25) is 9.59 Å². The van der Waals surface area contributed by atoms with Gasteiger partial charge in [0.15, 0.2) is 0 Å². The van der Waals surface area contributed by atoms with Gasteiger partial charge >= 0.3 is 0 Å². The van der Waals surface area contributed by atoms with Crippen LogP contribution in [0, 0.1) is 5.92 Å². The van der Waals surface area contributed by atoms with Gasteiger partial charge in [-0.15, -0.1) is 5.10 Å². The molecule has 1 heterocycles. The molecular weight excluding hydrogens is 414 g/mol. The Morgan fingerprint density at radius 3 is 2.78 bits per heavy atom. The van der Waals surface area contributed by atoms with Crippen LogP contribution in [0.2, 0.25) is 0 Å². The van der Waals surface area contributed by atoms with Gasteiger partial charge in [0.05, 0.1) is 16.4 Å². The molecule has 4 rings (SSSR count). The molecule has 2 N–H and O–H groups in total. The van der Waals surface area contributed by atoms with Crippen molar-refractivity contribution in [3.05, 3.63) is 33.0 Å². The number of fused-ring (bicyclic) bond motifs is 1. The Balaban J connectivity index is 1.60. The minimum Gasteiger partial charge on any atom is -0.473 e. The third-order valence-electron chi connectivity index (χ3n) is 5.22. The number of ether oxygens (including phenoxy) is 1. The summed E-state index contributed by atoms with van der Waals surface area (Å²) in [7, 11) is 0. The van der Waals surface area contributed by atoms with Gasteiger partial charge in [0.25, 0.3) is 5.56 Å². The molecule has 1 aromatic carbocycles. The first kappa shape index (κ1) is 18.4. The summed E-state index contributed by atoms with van der Waals surface area (Å²) in [5.41, 5.74) is -1.05. The molecule has 8 heteroatoms. The summed E-state index contributed by atoms with van der Waals surface area (Å²) < 4.78 is 7.96. The quantitative estimate of drug-likeness (QED) is 0.748. The molecule has 0 bridgehead atoms. The second-order valence-corrected chi connectivity index (χ2v) is 8.91. The van der Waals surface area contributed by atoms with Gasteiger partial charge in [-0.25, -0.2) is 4.68 Å². The molecule has 0 unspecified atom stereocenters. The zero-order valence-electron chi connectivity index (χ0n) is 15.2. The van der Waals surface area contributed by atoms with Crippen LogP contribution in [0.15, 0.2) is 27.5 Å². The topological polar surface area (TPSA) is 93.5 Å². The summed E-state index contributed by atoms with van der Waals surface area (Å²) in [6.07, 6.45) is 2.08. The van der Waals surface area contributed by atoms with Gasteiger partial charge in [-0.05, 0) is 50.3 Å². The molecule has 0 spiro atoms. The van der Waals surface area contributed by atoms with Crippen LogP contribution in [-0.2, 0) is 11.3 Å². The van der Waals surface area contributed by atoms with E-state index in [9.17, 15) is 14.7 Å². The first-order chi connectivity index (χ1) is 12.7. The van der Waals surface area contributed by atoms with Gasteiger partial charge in [0.2, 0.25) is 11.8 Å². The summed E-state index contributed by atoms with van der Waals surface area (Å²) in [4.78, 5) is 25.1. The summed E-state index contributed by atoms with van der Waals surface area (Å²) in [5.74, 6) is 0.538. The van der Waals surface area contributed by atoms with Crippen molar-refractivity contribution >= 4 is 32.6 Å². The highest BCUT2D eigenvalue weighted by molar-refractivity contribution is 9.10. The number of nitrogens with one attached hydrogen (secondary N) is 1. The van der Waals surface area contributed by atoms with E-state index >= 15 is 0 Å². The van der Waals surface area contributed by atoms with Crippen molar-refractivity contribution in [2.45, 2.75) is 57.4 Å². The van der Waals surface area contributed by atoms with Gasteiger partial charge in [0, 0.05) is 10.5 Å². The third-order valence-corrected chi connectivity index (χ3v) is 5.71. The summed E-state index contributed by atoms with van der Waals surface area (Å²) in [6.45, 7) is 3.66. The maximum atomic E-state index is 12.8. The van der Waals surface area contributed by atoms with Crippen LogP contribution in [0.4, 0.5) is 0 Å². The number of hydrogen-bond acceptors (Lipinski definition) is 5. The van der Waals surface area contributed by atoms with Crippen LogP contribution in [0.3, 0.4) is 0 Å². The lowest BCUT2D eigenvalue weighted by Gasteiger charge is -2.41. The number of carbonyl (C=O) groups is 1. The average Bonchev–Trinajstić information content (AvgIpc) is 3.25. The lowest BCUT2D eigenvalue weighted by molar-refractivity contribution is -0.125. The number of carbonyl (C=O) groups excluding carboxylic acids is 1. The molecule has 7 nitrogen and oxygen atoms in total. The monoisotopic (exact) mass is 435 g/mol. The van der Waals surface area contributed by atoms with E-state index in [-0.39, 0.29) is 30.2 Å². The number of aromatic nitrogens is 2. The fourth-order valence-corrected chi connectivity index (χ4v) is 3.89. The summed E-state index contributed by atoms with van der Waals surface area (Å²) >= 11 is 3.42. The van der Waals surface area contributed by atoms with Crippen molar-refractivity contribution < 1.29 is 14.6 Å². The van der Waals surface area contributed by atoms with Crippen molar-refractivity contribution in [3.63, 3.8) is 0 Å². The molecule has 27 heavy (non-hydrogen) atoms. The van der Waals surface area contributed by atoms with Crippen LogP contribution in [0.1, 0.15) is 33.1 Å². The van der Waals surface area contributed by atoms with Gasteiger partial charge in [-0.1, -0.05) is 22.9 Å². The van der Waals surface area contributed by atoms with Crippen LogP contribution in [0.5, 0.6) is 5.88 Å². The maximum absolute atomic E-state index is 12.8. The molecule has 1 amide bonds. The predicted molar refractivity (Wildman–Crippen MR) is 104 cm³/mol. The van der Waals surface area contributed by atoms with E-state index in [1.54, 1.807) is 19.1 Å². The van der Waals surface area contributed by atoms with Crippen LogP contribution in [-0.4, -0.2) is 38.5 Å². The Kier molecular flexibility index (Phi) is 4.50. The van der Waals surface area contributed by atoms with E-state index in [1.165, 1.54) is 0 Å². The Labute approximate surface area is 164 Å². The second kappa shape index (κ2) is 6.60. The number of nitrogens with zero attached hydrogens (tertiary/aromatic N) is 2. The molecule has 2 atom stereocenters. The Morgan fingerprint density at radius 2 is 2.15 bits per heavy atom. The fraction of sp³-hybridized carbons (Fsp3) is 0.526. The fourth-order valence-electron chi connectivity index (χ4n) is 3.53. The summed E-state index contributed by atoms with van der Waals surface area (Å²) in [5, 5.41) is 18.1. The zero-order valence-corrected chi connectivity index (χ0v) is 16.8. The molecular formula is C19H22BrN3O4. The number of hydrogen-bond donors (Lipinski definition) is 2. The van der Waals surface area contributed by atoms with Gasteiger partial charge in [0.1, 0.15) is 12.6 Å². The lowest BCUT2D eigenvalue weighted by atomic mass is 9.77. The summed E-state index contributed by atoms with van der Waals surface area (Å²) in [6, 6.07) is 5.24. The largest absolute Gasteiger partial charge is 0.473 e. The Hall–Kier alpha value is -1.93. The number of amides is 1. The second-order valence-electron chi connectivity index (χ2n) is 8.00. The van der Waals surface area contributed by atoms with E-state index in [1.807, 2.05) is 6.07 Å². The number of aliphatic hydroxyl groups is 1. The van der Waals surface area contributed by atoms with Crippen LogP contribution >= 0.6 is 15.9 Å². The van der Waals surface area contributed by atoms with E-state index in [0.29, 0.717) is 35.4 Å². The highest BCUT2D eigenvalue weighted by Gasteiger charge is 2.39. The van der Waals surface area contributed by atoms with E-state index in [0.717, 1.165) is 15.6 Å². The predicted octanol–water partition coefficient (Wildman–Crippen LogP) is 1.98. The van der Waals surface area contributed by atoms with Crippen molar-refractivity contribution in [1.82, 2.24) is 15.1 Å². The number of benzene rings is 1. The highest BCUT2D eigenvalue weighted by Crippen LogP contribution is 2.35. The molecule has 2 aromatic rings. The van der Waals surface area contributed by atoms with Gasteiger partial charge < -0.3 is 15.2 Å². The number of halogens is 1. The first-order valence-electron chi connectivity index (χ1n) is 9.11. The maximum Gasteiger partial charge on any atom is 0.275 e. The van der Waals surface area contributed by atoms with Crippen molar-refractivity contribution in [2.24, 2.45) is 5.92 Å². The van der Waals surface area contributed by atoms with Crippen LogP contribution < -0.4 is 15.6 Å². The average molecular weight is 436 g/mol. The Bertz CT molecular complexity index is 963. The SMILES string of the molecule is C[C@@H]1C[C@@H]1Oc1nn(CC(=O)N[C@H]2C[C@](C)(O)C2)c(=O)c2ccc(Br)cc12. The van der Waals surface area contributed by atoms with Crippen molar-refractivity contribution in [3.8, 4) is 5.88 Å². The minimum atomic E-state index is -0.717. The normalized spacial score (nSPS) is 29.3. The molecule has 2 aliphatic carbocycles. The number of rotatable bonds is 5. The van der Waals surface area contributed by atoms with E-state index < -0.39 is 5.60 Å². The molecule has 2 saturated carbocycles. The first-order valence-corrected chi connectivity index (χ1v) is 9.90. The smallest absolute Gasteiger partial charge is 0.275 e. The third kappa shape index (κ3) is 3.87.